The molecular weight excluding hydrogens is 328 g/mol. The molecule has 6 nitrogen and oxygen atoms in total. The average molecular weight is 350 g/mol. The Bertz CT molecular complexity index is 707. The summed E-state index contributed by atoms with van der Waals surface area (Å²) in [6.45, 7) is 1.83. The Balaban J connectivity index is 2.01. The lowest BCUT2D eigenvalue weighted by molar-refractivity contribution is -0.128. The van der Waals surface area contributed by atoms with E-state index in [0.29, 0.717) is 6.42 Å². The van der Waals surface area contributed by atoms with Gasteiger partial charge in [0.1, 0.15) is 6.54 Å². The van der Waals surface area contributed by atoms with E-state index in [2.05, 4.69) is 5.32 Å². The predicted molar refractivity (Wildman–Crippen MR) is 88.4 cm³/mol. The maximum absolute atomic E-state index is 12.3. The van der Waals surface area contributed by atoms with Crippen molar-refractivity contribution in [2.75, 3.05) is 13.2 Å². The van der Waals surface area contributed by atoms with Crippen molar-refractivity contribution in [2.45, 2.75) is 37.5 Å². The summed E-state index contributed by atoms with van der Waals surface area (Å²) >= 11 is 0. The Kier molecular flexibility index (Phi) is 6.35. The summed E-state index contributed by atoms with van der Waals surface area (Å²) in [5.74, 6) is -0.657. The van der Waals surface area contributed by atoms with Gasteiger partial charge in [0.15, 0.2) is 0 Å². The Morgan fingerprint density at radius 1 is 1.29 bits per heavy atom. The summed E-state index contributed by atoms with van der Waals surface area (Å²) in [4.78, 5) is 12.3. The minimum atomic E-state index is -3.83. The summed E-state index contributed by atoms with van der Waals surface area (Å²) in [5, 5.41) is 11.1. The van der Waals surface area contributed by atoms with Crippen LogP contribution in [0.25, 0.3) is 0 Å². The number of carbonyl (C=O) groups excluding carboxylic acids is 1. The lowest BCUT2D eigenvalue weighted by atomic mass is 9.79. The number of nitriles is 1. The molecule has 130 valence electrons. The molecule has 1 aliphatic rings. The van der Waals surface area contributed by atoms with Gasteiger partial charge in [-0.15, -0.1) is 0 Å². The Labute approximate surface area is 142 Å². The third-order valence-electron chi connectivity index (χ3n) is 4.33. The monoisotopic (exact) mass is 350 g/mol. The molecule has 1 amide bonds. The molecule has 0 bridgehead atoms. The van der Waals surface area contributed by atoms with E-state index in [9.17, 15) is 13.2 Å². The van der Waals surface area contributed by atoms with Crippen LogP contribution in [0.4, 0.5) is 0 Å². The van der Waals surface area contributed by atoms with Gasteiger partial charge in [-0.1, -0.05) is 30.5 Å². The van der Waals surface area contributed by atoms with Crippen LogP contribution in [0.5, 0.6) is 0 Å². The van der Waals surface area contributed by atoms with Crippen molar-refractivity contribution in [3.05, 3.63) is 29.8 Å². The maximum Gasteiger partial charge on any atom is 0.296 e. The molecule has 1 saturated carbocycles. The SMILES string of the molecule is Cc1ccc(S(=O)(=O)OC[C@@H]2CCCC[C@H]2C(=O)NCC#N)cc1. The van der Waals surface area contributed by atoms with Crippen molar-refractivity contribution in [1.82, 2.24) is 5.32 Å². The van der Waals surface area contributed by atoms with Crippen molar-refractivity contribution >= 4 is 16.0 Å². The molecule has 24 heavy (non-hydrogen) atoms. The Morgan fingerprint density at radius 3 is 2.62 bits per heavy atom. The average Bonchev–Trinajstić information content (AvgIpc) is 2.58. The van der Waals surface area contributed by atoms with Crippen LogP contribution < -0.4 is 5.32 Å². The lowest BCUT2D eigenvalue weighted by Crippen LogP contribution is -2.38. The highest BCUT2D eigenvalue weighted by molar-refractivity contribution is 7.86. The van der Waals surface area contributed by atoms with Crippen molar-refractivity contribution < 1.29 is 17.4 Å². The van der Waals surface area contributed by atoms with Crippen LogP contribution in [0.1, 0.15) is 31.2 Å². The van der Waals surface area contributed by atoms with Crippen LogP contribution >= 0.6 is 0 Å². The summed E-state index contributed by atoms with van der Waals surface area (Å²) < 4.78 is 29.7. The van der Waals surface area contributed by atoms with E-state index in [1.807, 2.05) is 13.0 Å². The van der Waals surface area contributed by atoms with Crippen molar-refractivity contribution in [2.24, 2.45) is 11.8 Å². The van der Waals surface area contributed by atoms with E-state index in [0.717, 1.165) is 24.8 Å². The van der Waals surface area contributed by atoms with E-state index in [1.54, 1.807) is 12.1 Å². The highest BCUT2D eigenvalue weighted by Gasteiger charge is 2.32. The molecule has 1 N–H and O–H groups in total. The van der Waals surface area contributed by atoms with Crippen LogP contribution in [0.3, 0.4) is 0 Å². The van der Waals surface area contributed by atoms with Crippen LogP contribution in [0.15, 0.2) is 29.2 Å². The van der Waals surface area contributed by atoms with Gasteiger partial charge in [-0.25, -0.2) is 0 Å². The van der Waals surface area contributed by atoms with Gasteiger partial charge in [-0.3, -0.25) is 8.98 Å². The predicted octanol–water partition coefficient (Wildman–Crippen LogP) is 2.15. The van der Waals surface area contributed by atoms with Gasteiger partial charge in [0.2, 0.25) is 5.91 Å². The minimum absolute atomic E-state index is 0.0130. The highest BCUT2D eigenvalue weighted by Crippen LogP contribution is 2.31. The number of carbonyl (C=O) groups is 1. The second-order valence-corrected chi connectivity index (χ2v) is 7.69. The third kappa shape index (κ3) is 4.79. The molecule has 1 aromatic carbocycles. The zero-order chi connectivity index (χ0) is 17.6. The lowest BCUT2D eigenvalue weighted by Gasteiger charge is -2.29. The highest BCUT2D eigenvalue weighted by atomic mass is 32.2. The molecule has 2 atom stereocenters. The number of hydrogen-bond acceptors (Lipinski definition) is 5. The van der Waals surface area contributed by atoms with Crippen molar-refractivity contribution in [3.63, 3.8) is 0 Å². The second kappa shape index (κ2) is 8.27. The summed E-state index contributed by atoms with van der Waals surface area (Å²) in [6, 6.07) is 8.34. The molecule has 1 aromatic rings. The van der Waals surface area contributed by atoms with E-state index in [-0.39, 0.29) is 35.8 Å². The van der Waals surface area contributed by atoms with Crippen LogP contribution in [-0.4, -0.2) is 27.5 Å². The molecule has 0 unspecified atom stereocenters. The number of amides is 1. The molecule has 0 heterocycles. The van der Waals surface area contributed by atoms with Gasteiger partial charge in [0.05, 0.1) is 17.6 Å². The normalized spacial score (nSPS) is 21.0. The van der Waals surface area contributed by atoms with Gasteiger partial charge < -0.3 is 5.32 Å². The maximum atomic E-state index is 12.3. The standard InChI is InChI=1S/C17H22N2O4S/c1-13-6-8-15(9-7-13)24(21,22)23-12-14-4-2-3-5-16(14)17(20)19-11-10-18/h6-9,14,16H,2-5,11-12H2,1H3,(H,19,20)/t14-,16+/m0/s1. The molecule has 7 heteroatoms. The topological polar surface area (TPSA) is 96.3 Å². The first-order chi connectivity index (χ1) is 11.4. The first-order valence-electron chi connectivity index (χ1n) is 8.05. The zero-order valence-electron chi connectivity index (χ0n) is 13.7. The van der Waals surface area contributed by atoms with E-state index >= 15 is 0 Å². The minimum Gasteiger partial charge on any atom is -0.343 e. The molecule has 0 radical (unpaired) electrons. The summed E-state index contributed by atoms with van der Waals surface area (Å²) in [7, 11) is -3.83. The molecule has 1 aliphatic carbocycles. The number of hydrogen-bond donors (Lipinski definition) is 1. The van der Waals surface area contributed by atoms with E-state index < -0.39 is 10.1 Å². The molecule has 0 saturated heterocycles. The van der Waals surface area contributed by atoms with Gasteiger partial charge in [-0.05, 0) is 37.8 Å². The van der Waals surface area contributed by atoms with Gasteiger partial charge in [0, 0.05) is 5.92 Å². The number of benzene rings is 1. The first-order valence-corrected chi connectivity index (χ1v) is 9.45. The Morgan fingerprint density at radius 2 is 1.96 bits per heavy atom. The Hall–Kier alpha value is -1.91. The van der Waals surface area contributed by atoms with Crippen LogP contribution in [0.2, 0.25) is 0 Å². The number of nitrogens with one attached hydrogen (secondary N) is 1. The van der Waals surface area contributed by atoms with E-state index in [1.165, 1.54) is 12.1 Å². The van der Waals surface area contributed by atoms with Crippen molar-refractivity contribution in [3.8, 4) is 6.07 Å². The molecule has 0 aliphatic heterocycles. The fraction of sp³-hybridized carbons (Fsp3) is 0.529. The largest absolute Gasteiger partial charge is 0.343 e. The second-order valence-electron chi connectivity index (χ2n) is 6.08. The quantitative estimate of drug-likeness (QED) is 0.626. The molecular formula is C17H22N2O4S. The number of nitrogens with zero attached hydrogens (tertiary/aromatic N) is 1. The third-order valence-corrected chi connectivity index (χ3v) is 5.63. The zero-order valence-corrected chi connectivity index (χ0v) is 14.5. The van der Waals surface area contributed by atoms with E-state index in [4.69, 9.17) is 9.44 Å². The van der Waals surface area contributed by atoms with Gasteiger partial charge in [0.25, 0.3) is 10.1 Å². The fourth-order valence-electron chi connectivity index (χ4n) is 2.96. The number of rotatable bonds is 6. The summed E-state index contributed by atoms with van der Waals surface area (Å²) in [6.07, 6.45) is 3.30. The molecule has 0 aromatic heterocycles. The molecule has 1 fully saturated rings. The van der Waals surface area contributed by atoms with Gasteiger partial charge in [-0.2, -0.15) is 13.7 Å². The van der Waals surface area contributed by atoms with Crippen molar-refractivity contribution in [1.29, 1.82) is 5.26 Å². The smallest absolute Gasteiger partial charge is 0.296 e. The van der Waals surface area contributed by atoms with Crippen LogP contribution in [-0.2, 0) is 19.1 Å². The molecule has 2 rings (SSSR count). The number of aryl methyl sites for hydroxylation is 1. The van der Waals surface area contributed by atoms with Gasteiger partial charge >= 0.3 is 0 Å². The first kappa shape index (κ1) is 18.4. The molecule has 0 spiro atoms. The fourth-order valence-corrected chi connectivity index (χ4v) is 3.92. The van der Waals surface area contributed by atoms with Crippen LogP contribution in [0, 0.1) is 30.1 Å². The summed E-state index contributed by atoms with van der Waals surface area (Å²) in [5.41, 5.74) is 0.968.